The van der Waals surface area contributed by atoms with Crippen molar-refractivity contribution in [2.45, 2.75) is 32.4 Å². The molecule has 3 heterocycles. The molecular formula is C30H31ClN4O6. The summed E-state index contributed by atoms with van der Waals surface area (Å²) in [5.41, 5.74) is 2.25. The Labute approximate surface area is 241 Å². The number of hydrogen-bond donors (Lipinski definition) is 1. The Bertz CT molecular complexity index is 1700. The lowest BCUT2D eigenvalue weighted by Crippen LogP contribution is -2.47. The Morgan fingerprint density at radius 1 is 1.05 bits per heavy atom. The Morgan fingerprint density at radius 3 is 2.39 bits per heavy atom. The number of esters is 1. The van der Waals surface area contributed by atoms with E-state index in [1.165, 1.54) is 14.0 Å². The van der Waals surface area contributed by atoms with Crippen LogP contribution in [0.25, 0.3) is 21.8 Å². The number of para-hydroxylation sites is 1. The summed E-state index contributed by atoms with van der Waals surface area (Å²) in [7, 11) is 3.21. The van der Waals surface area contributed by atoms with Gasteiger partial charge in [-0.05, 0) is 36.6 Å². The molecule has 0 unspecified atom stereocenters. The predicted octanol–water partition coefficient (Wildman–Crippen LogP) is 3.49. The molecule has 11 heteroatoms. The summed E-state index contributed by atoms with van der Waals surface area (Å²) in [5.74, 6) is -0.913. The van der Waals surface area contributed by atoms with Crippen molar-refractivity contribution in [2.75, 3.05) is 26.8 Å². The Hall–Kier alpha value is -4.31. The maximum atomic E-state index is 14.0. The predicted molar refractivity (Wildman–Crippen MR) is 155 cm³/mol. The van der Waals surface area contributed by atoms with E-state index in [0.717, 1.165) is 16.5 Å². The standard InChI is InChI=1S/C30H31ClN4O6/c1-18(36)41-17-24(37)34-14-12-21(13-15-34)32-29(38)27-28(40-3)25-26(33(27)2)22-6-4-5-7-23(22)35(30(25)39)16-19-8-10-20(31)11-9-19/h4-11,21H,12-17H2,1-3H3,(H,32,38). The van der Waals surface area contributed by atoms with Crippen LogP contribution < -0.4 is 15.6 Å². The van der Waals surface area contributed by atoms with Gasteiger partial charge in [-0.3, -0.25) is 19.2 Å². The molecule has 0 radical (unpaired) electrons. The number of fused-ring (bicyclic) bond motifs is 3. The third-order valence-corrected chi connectivity index (χ3v) is 7.77. The molecule has 0 aliphatic carbocycles. The molecule has 41 heavy (non-hydrogen) atoms. The van der Waals surface area contributed by atoms with E-state index in [1.54, 1.807) is 33.2 Å². The molecular weight excluding hydrogens is 548 g/mol. The van der Waals surface area contributed by atoms with Gasteiger partial charge in [0.2, 0.25) is 0 Å². The molecule has 1 aliphatic heterocycles. The average molecular weight is 579 g/mol. The van der Waals surface area contributed by atoms with Crippen LogP contribution in [0.4, 0.5) is 0 Å². The van der Waals surface area contributed by atoms with Gasteiger partial charge in [0.1, 0.15) is 5.39 Å². The third kappa shape index (κ3) is 5.52. The number of aryl methyl sites for hydroxylation is 1. The number of carbonyl (C=O) groups is 3. The van der Waals surface area contributed by atoms with Crippen LogP contribution in [-0.4, -0.2) is 64.7 Å². The van der Waals surface area contributed by atoms with Gasteiger partial charge in [-0.1, -0.05) is 41.9 Å². The van der Waals surface area contributed by atoms with Crippen LogP contribution in [0.5, 0.6) is 5.75 Å². The number of amides is 2. The molecule has 10 nitrogen and oxygen atoms in total. The minimum absolute atomic E-state index is 0.179. The van der Waals surface area contributed by atoms with E-state index in [4.69, 9.17) is 21.1 Å². The van der Waals surface area contributed by atoms with Crippen LogP contribution in [0, 0.1) is 0 Å². The maximum absolute atomic E-state index is 14.0. The highest BCUT2D eigenvalue weighted by molar-refractivity contribution is 6.30. The molecule has 5 rings (SSSR count). The number of carbonyl (C=O) groups excluding carboxylic acids is 3. The quantitative estimate of drug-likeness (QED) is 0.336. The first-order valence-corrected chi connectivity index (χ1v) is 13.7. The van der Waals surface area contributed by atoms with Crippen molar-refractivity contribution in [3.05, 3.63) is 75.2 Å². The van der Waals surface area contributed by atoms with Gasteiger partial charge >= 0.3 is 5.97 Å². The average Bonchev–Trinajstić information content (AvgIpc) is 3.27. The fraction of sp³-hybridized carbons (Fsp3) is 0.333. The van der Waals surface area contributed by atoms with Gasteiger partial charge < -0.3 is 28.8 Å². The minimum atomic E-state index is -0.506. The normalized spacial score (nSPS) is 13.9. The summed E-state index contributed by atoms with van der Waals surface area (Å²) in [6.07, 6.45) is 1.08. The number of nitrogens with one attached hydrogen (secondary N) is 1. The van der Waals surface area contributed by atoms with Crippen molar-refractivity contribution in [3.63, 3.8) is 0 Å². The van der Waals surface area contributed by atoms with Crippen molar-refractivity contribution in [2.24, 2.45) is 7.05 Å². The molecule has 214 valence electrons. The summed E-state index contributed by atoms with van der Waals surface area (Å²) in [6.45, 7) is 2.15. The molecule has 0 atom stereocenters. The molecule has 0 saturated carbocycles. The van der Waals surface area contributed by atoms with E-state index in [0.29, 0.717) is 48.4 Å². The topological polar surface area (TPSA) is 112 Å². The van der Waals surface area contributed by atoms with Gasteiger partial charge in [0.25, 0.3) is 17.4 Å². The van der Waals surface area contributed by atoms with Gasteiger partial charge in [0.15, 0.2) is 18.1 Å². The monoisotopic (exact) mass is 578 g/mol. The number of nitrogens with zero attached hydrogens (tertiary/aromatic N) is 3. The second-order valence-electron chi connectivity index (χ2n) is 10.1. The summed E-state index contributed by atoms with van der Waals surface area (Å²) in [5, 5.41) is 4.82. The van der Waals surface area contributed by atoms with E-state index in [-0.39, 0.29) is 41.5 Å². The van der Waals surface area contributed by atoms with Crippen LogP contribution >= 0.6 is 11.6 Å². The number of aromatic nitrogens is 2. The number of hydrogen-bond acceptors (Lipinski definition) is 6. The van der Waals surface area contributed by atoms with Crippen LogP contribution in [0.15, 0.2) is 53.3 Å². The van der Waals surface area contributed by atoms with Crippen LogP contribution in [0.1, 0.15) is 35.8 Å². The first kappa shape index (κ1) is 28.2. The van der Waals surface area contributed by atoms with E-state index in [2.05, 4.69) is 5.32 Å². The van der Waals surface area contributed by atoms with E-state index in [9.17, 15) is 19.2 Å². The number of rotatable bonds is 7. The molecule has 2 amide bonds. The smallest absolute Gasteiger partial charge is 0.303 e. The molecule has 4 aromatic rings. The van der Waals surface area contributed by atoms with E-state index >= 15 is 0 Å². The van der Waals surface area contributed by atoms with Gasteiger partial charge in [0, 0.05) is 43.5 Å². The fourth-order valence-electron chi connectivity index (χ4n) is 5.49. The number of piperidine rings is 1. The van der Waals surface area contributed by atoms with E-state index < -0.39 is 5.97 Å². The van der Waals surface area contributed by atoms with Crippen molar-refractivity contribution in [1.82, 2.24) is 19.4 Å². The molecule has 2 aromatic heterocycles. The highest BCUT2D eigenvalue weighted by atomic mass is 35.5. The number of ether oxygens (including phenoxy) is 2. The lowest BCUT2D eigenvalue weighted by Gasteiger charge is -2.32. The number of methoxy groups -OCH3 is 1. The van der Waals surface area contributed by atoms with Crippen molar-refractivity contribution in [3.8, 4) is 5.75 Å². The van der Waals surface area contributed by atoms with Crippen LogP contribution in [-0.2, 0) is 27.9 Å². The lowest BCUT2D eigenvalue weighted by molar-refractivity contribution is -0.150. The van der Waals surface area contributed by atoms with Gasteiger partial charge in [0.05, 0.1) is 24.7 Å². The van der Waals surface area contributed by atoms with Gasteiger partial charge in [-0.25, -0.2) is 0 Å². The van der Waals surface area contributed by atoms with Crippen molar-refractivity contribution >= 4 is 51.2 Å². The van der Waals surface area contributed by atoms with Crippen molar-refractivity contribution in [1.29, 1.82) is 0 Å². The summed E-state index contributed by atoms with van der Waals surface area (Å²) >= 11 is 6.06. The van der Waals surface area contributed by atoms with Crippen LogP contribution in [0.2, 0.25) is 5.02 Å². The number of halogens is 1. The molecule has 1 N–H and O–H groups in total. The first-order chi connectivity index (χ1) is 19.7. The molecule has 1 aliphatic rings. The second kappa shape index (κ2) is 11.7. The van der Waals surface area contributed by atoms with E-state index in [1.807, 2.05) is 36.4 Å². The Balaban J connectivity index is 1.47. The maximum Gasteiger partial charge on any atom is 0.303 e. The Kier molecular flexibility index (Phi) is 8.03. The molecule has 1 fully saturated rings. The summed E-state index contributed by atoms with van der Waals surface area (Å²) in [4.78, 5) is 52.6. The molecule has 0 bridgehead atoms. The van der Waals surface area contributed by atoms with Crippen LogP contribution in [0.3, 0.4) is 0 Å². The summed E-state index contributed by atoms with van der Waals surface area (Å²) < 4.78 is 13.9. The third-order valence-electron chi connectivity index (χ3n) is 7.51. The second-order valence-corrected chi connectivity index (χ2v) is 10.5. The van der Waals surface area contributed by atoms with Gasteiger partial charge in [-0.15, -0.1) is 0 Å². The molecule has 1 saturated heterocycles. The zero-order chi connectivity index (χ0) is 29.3. The first-order valence-electron chi connectivity index (χ1n) is 13.3. The highest BCUT2D eigenvalue weighted by Gasteiger charge is 2.30. The number of likely N-dealkylation sites (tertiary alicyclic amines) is 1. The van der Waals surface area contributed by atoms with Crippen molar-refractivity contribution < 1.29 is 23.9 Å². The highest BCUT2D eigenvalue weighted by Crippen LogP contribution is 2.35. The minimum Gasteiger partial charge on any atom is -0.493 e. The number of benzene rings is 2. The summed E-state index contributed by atoms with van der Waals surface area (Å²) in [6, 6.07) is 14.7. The Morgan fingerprint density at radius 2 is 1.73 bits per heavy atom. The zero-order valence-electron chi connectivity index (χ0n) is 23.1. The molecule has 0 spiro atoms. The fourth-order valence-corrected chi connectivity index (χ4v) is 5.62. The lowest BCUT2D eigenvalue weighted by atomic mass is 10.0. The zero-order valence-corrected chi connectivity index (χ0v) is 23.9. The largest absolute Gasteiger partial charge is 0.493 e. The molecule has 2 aromatic carbocycles. The van der Waals surface area contributed by atoms with Gasteiger partial charge in [-0.2, -0.15) is 0 Å². The SMILES string of the molecule is COc1c(C(=O)NC2CCN(C(=O)COC(C)=O)CC2)n(C)c2c1c(=O)n(Cc1ccc(Cl)cc1)c1ccccc21. The number of pyridine rings is 1.